The van der Waals surface area contributed by atoms with Crippen LogP contribution in [0.1, 0.15) is 20.7 Å². The van der Waals surface area contributed by atoms with Gasteiger partial charge >= 0.3 is 0 Å². The number of amides is 2. The maximum atomic E-state index is 12.1. The van der Waals surface area contributed by atoms with Gasteiger partial charge in [0.2, 0.25) is 0 Å². The van der Waals surface area contributed by atoms with E-state index in [0.717, 1.165) is 4.47 Å². The van der Waals surface area contributed by atoms with E-state index in [1.54, 1.807) is 41.3 Å². The molecule has 0 bridgehead atoms. The molecule has 5 nitrogen and oxygen atoms in total. The van der Waals surface area contributed by atoms with Crippen LogP contribution in [0.4, 0.5) is 0 Å². The highest BCUT2D eigenvalue weighted by Gasteiger charge is 2.34. The summed E-state index contributed by atoms with van der Waals surface area (Å²) in [5, 5.41) is 4.10. The largest absolute Gasteiger partial charge is 0.272 e. The number of rotatable bonds is 3. The van der Waals surface area contributed by atoms with Gasteiger partial charge in [-0.2, -0.15) is 5.10 Å². The van der Waals surface area contributed by atoms with E-state index in [4.69, 9.17) is 0 Å². The van der Waals surface area contributed by atoms with Crippen LogP contribution in [0, 0.1) is 0 Å². The molecule has 1 aromatic carbocycles. The lowest BCUT2D eigenvalue weighted by Crippen LogP contribution is -2.33. The van der Waals surface area contributed by atoms with Crippen molar-refractivity contribution in [1.29, 1.82) is 0 Å². The van der Waals surface area contributed by atoms with Gasteiger partial charge in [0, 0.05) is 12.7 Å². The second kappa shape index (κ2) is 4.62. The van der Waals surface area contributed by atoms with Gasteiger partial charge in [0.25, 0.3) is 11.8 Å². The smallest absolute Gasteiger partial charge is 0.261 e. The molecule has 2 heterocycles. The monoisotopic (exact) mass is 319 g/mol. The Kier molecular flexibility index (Phi) is 2.94. The minimum Gasteiger partial charge on any atom is -0.272 e. The number of halogens is 1. The molecule has 0 aliphatic carbocycles. The molecule has 0 saturated carbocycles. The van der Waals surface area contributed by atoms with Crippen molar-refractivity contribution in [2.45, 2.75) is 6.54 Å². The maximum absolute atomic E-state index is 12.1. The molecule has 1 aromatic heterocycles. The lowest BCUT2D eigenvalue weighted by Gasteiger charge is -2.13. The SMILES string of the molecule is O=C1c2ccccc2C(=O)N1CCn1cc(Br)cn1. The lowest BCUT2D eigenvalue weighted by atomic mass is 10.1. The van der Waals surface area contributed by atoms with Gasteiger partial charge in [-0.25, -0.2) is 0 Å². The Hall–Kier alpha value is -1.95. The van der Waals surface area contributed by atoms with Crippen LogP contribution in [-0.2, 0) is 6.54 Å². The maximum Gasteiger partial charge on any atom is 0.261 e. The van der Waals surface area contributed by atoms with Crippen LogP contribution in [0.3, 0.4) is 0 Å². The molecule has 2 amide bonds. The molecule has 0 fully saturated rings. The number of carbonyl (C=O) groups is 2. The van der Waals surface area contributed by atoms with E-state index in [0.29, 0.717) is 24.2 Å². The molecule has 0 saturated heterocycles. The van der Waals surface area contributed by atoms with E-state index < -0.39 is 0 Å². The first kappa shape index (κ1) is 12.1. The molecule has 3 rings (SSSR count). The summed E-state index contributed by atoms with van der Waals surface area (Å²) in [6.45, 7) is 0.803. The Morgan fingerprint density at radius 3 is 2.21 bits per heavy atom. The van der Waals surface area contributed by atoms with Crippen LogP contribution < -0.4 is 0 Å². The molecule has 0 atom stereocenters. The molecule has 2 aromatic rings. The van der Waals surface area contributed by atoms with Crippen molar-refractivity contribution in [2.75, 3.05) is 6.54 Å². The number of benzene rings is 1. The second-order valence-corrected chi connectivity index (χ2v) is 5.14. The van der Waals surface area contributed by atoms with Crippen molar-refractivity contribution in [2.24, 2.45) is 0 Å². The predicted molar refractivity (Wildman–Crippen MR) is 71.7 cm³/mol. The van der Waals surface area contributed by atoms with Crippen LogP contribution in [0.2, 0.25) is 0 Å². The number of fused-ring (bicyclic) bond motifs is 1. The third-order valence-corrected chi connectivity index (χ3v) is 3.44. The first-order chi connectivity index (χ1) is 9.16. The van der Waals surface area contributed by atoms with Crippen LogP contribution in [-0.4, -0.2) is 33.0 Å². The molecule has 6 heteroatoms. The van der Waals surface area contributed by atoms with Crippen molar-refractivity contribution in [3.63, 3.8) is 0 Å². The van der Waals surface area contributed by atoms with E-state index in [9.17, 15) is 9.59 Å². The summed E-state index contributed by atoms with van der Waals surface area (Å²) in [6, 6.07) is 6.89. The Bertz CT molecular complexity index is 630. The fraction of sp³-hybridized carbons (Fsp3) is 0.154. The zero-order valence-corrected chi connectivity index (χ0v) is 11.5. The van der Waals surface area contributed by atoms with Gasteiger partial charge in [0.1, 0.15) is 0 Å². The van der Waals surface area contributed by atoms with Crippen molar-refractivity contribution in [3.8, 4) is 0 Å². The van der Waals surface area contributed by atoms with Gasteiger partial charge in [0.05, 0.1) is 28.3 Å². The molecule has 1 aliphatic heterocycles. The van der Waals surface area contributed by atoms with Crippen LogP contribution in [0.25, 0.3) is 0 Å². The molecular formula is C13H10BrN3O2. The summed E-state index contributed by atoms with van der Waals surface area (Å²) < 4.78 is 2.56. The molecule has 0 spiro atoms. The summed E-state index contributed by atoms with van der Waals surface area (Å²) in [4.78, 5) is 25.5. The highest BCUT2D eigenvalue weighted by Crippen LogP contribution is 2.22. The quantitative estimate of drug-likeness (QED) is 0.812. The standard InChI is InChI=1S/C13H10BrN3O2/c14-9-7-15-16(8-9)5-6-17-12(18)10-3-1-2-4-11(10)13(17)19/h1-4,7-8H,5-6H2. The number of aromatic nitrogens is 2. The molecule has 0 radical (unpaired) electrons. The zero-order valence-electron chi connectivity index (χ0n) is 9.91. The van der Waals surface area contributed by atoms with E-state index >= 15 is 0 Å². The van der Waals surface area contributed by atoms with Gasteiger partial charge in [0.15, 0.2) is 0 Å². The normalized spacial score (nSPS) is 14.1. The third-order valence-electron chi connectivity index (χ3n) is 3.03. The number of hydrogen-bond donors (Lipinski definition) is 0. The van der Waals surface area contributed by atoms with E-state index in [-0.39, 0.29) is 11.8 Å². The van der Waals surface area contributed by atoms with Gasteiger partial charge in [-0.15, -0.1) is 0 Å². The Morgan fingerprint density at radius 1 is 1.05 bits per heavy atom. The highest BCUT2D eigenvalue weighted by molar-refractivity contribution is 9.10. The fourth-order valence-electron chi connectivity index (χ4n) is 2.11. The van der Waals surface area contributed by atoms with Gasteiger partial charge in [-0.1, -0.05) is 12.1 Å². The molecule has 1 aliphatic rings. The fourth-order valence-corrected chi connectivity index (χ4v) is 2.43. The number of imide groups is 1. The molecule has 0 N–H and O–H groups in total. The molecular weight excluding hydrogens is 310 g/mol. The van der Waals surface area contributed by atoms with Crippen molar-refractivity contribution in [1.82, 2.24) is 14.7 Å². The van der Waals surface area contributed by atoms with Crippen LogP contribution in [0.15, 0.2) is 41.1 Å². The van der Waals surface area contributed by atoms with E-state index in [1.165, 1.54) is 4.90 Å². The number of carbonyl (C=O) groups excluding carboxylic acids is 2. The van der Waals surface area contributed by atoms with Crippen molar-refractivity contribution < 1.29 is 9.59 Å². The summed E-state index contributed by atoms with van der Waals surface area (Å²) in [5.74, 6) is -0.460. The summed E-state index contributed by atoms with van der Waals surface area (Å²) in [7, 11) is 0. The first-order valence-electron chi connectivity index (χ1n) is 5.80. The highest BCUT2D eigenvalue weighted by atomic mass is 79.9. The van der Waals surface area contributed by atoms with Gasteiger partial charge in [-0.3, -0.25) is 19.2 Å². The third kappa shape index (κ3) is 2.08. The summed E-state index contributed by atoms with van der Waals surface area (Å²) >= 11 is 3.30. The van der Waals surface area contributed by atoms with Crippen molar-refractivity contribution in [3.05, 3.63) is 52.3 Å². The molecule has 0 unspecified atom stereocenters. The summed E-state index contributed by atoms with van der Waals surface area (Å²) in [6.07, 6.45) is 3.47. The minimum atomic E-state index is -0.230. The number of nitrogens with zero attached hydrogens (tertiary/aromatic N) is 3. The van der Waals surface area contributed by atoms with Crippen LogP contribution in [0.5, 0.6) is 0 Å². The van der Waals surface area contributed by atoms with Gasteiger partial charge in [-0.05, 0) is 28.1 Å². The Balaban J connectivity index is 1.77. The first-order valence-corrected chi connectivity index (χ1v) is 6.59. The number of hydrogen-bond acceptors (Lipinski definition) is 3. The minimum absolute atomic E-state index is 0.230. The Labute approximate surface area is 118 Å². The second-order valence-electron chi connectivity index (χ2n) is 4.23. The lowest BCUT2D eigenvalue weighted by molar-refractivity contribution is 0.0647. The Morgan fingerprint density at radius 2 is 1.68 bits per heavy atom. The van der Waals surface area contributed by atoms with Crippen molar-refractivity contribution >= 4 is 27.7 Å². The average Bonchev–Trinajstić information content (AvgIpc) is 2.93. The molecule has 96 valence electrons. The molecule has 19 heavy (non-hydrogen) atoms. The predicted octanol–water partition coefficient (Wildman–Crippen LogP) is 1.94. The topological polar surface area (TPSA) is 55.2 Å². The van der Waals surface area contributed by atoms with E-state index in [1.807, 2.05) is 0 Å². The average molecular weight is 320 g/mol. The van der Waals surface area contributed by atoms with Crippen LogP contribution >= 0.6 is 15.9 Å². The zero-order chi connectivity index (χ0) is 13.4. The summed E-state index contributed by atoms with van der Waals surface area (Å²) in [5.41, 5.74) is 0.961. The van der Waals surface area contributed by atoms with E-state index in [2.05, 4.69) is 21.0 Å². The van der Waals surface area contributed by atoms with Gasteiger partial charge < -0.3 is 0 Å².